The number of rotatable bonds is 0. The highest BCUT2D eigenvalue weighted by Gasteiger charge is 2.05. The van der Waals surface area contributed by atoms with E-state index < -0.39 is 0 Å². The molecule has 2 N–H and O–H groups in total. The molecule has 0 spiro atoms. The third kappa shape index (κ3) is 1.36. The van der Waals surface area contributed by atoms with Gasteiger partial charge in [0.25, 0.3) is 0 Å². The van der Waals surface area contributed by atoms with Crippen molar-refractivity contribution in [2.24, 2.45) is 0 Å². The van der Waals surface area contributed by atoms with Crippen LogP contribution in [0.1, 0.15) is 0 Å². The third-order valence-corrected chi connectivity index (χ3v) is 3.18. The standard InChI is InChI=1S/C13H9BrN2/c14-8-5-6-10-12(7-8)16-11-4-2-1-3-9(11)13(10)15/h1-7H,(H2,15,16). The highest BCUT2D eigenvalue weighted by atomic mass is 79.9. The van der Waals surface area contributed by atoms with Crippen LogP contribution in [0.2, 0.25) is 0 Å². The molecule has 1 aromatic heterocycles. The molecule has 0 atom stereocenters. The van der Waals surface area contributed by atoms with Crippen LogP contribution in [0.25, 0.3) is 21.8 Å². The normalized spacial score (nSPS) is 11.1. The number of hydrogen-bond donors (Lipinski definition) is 1. The average molecular weight is 273 g/mol. The van der Waals surface area contributed by atoms with Crippen molar-refractivity contribution in [3.63, 3.8) is 0 Å². The highest BCUT2D eigenvalue weighted by Crippen LogP contribution is 2.29. The molecule has 0 saturated heterocycles. The van der Waals surface area contributed by atoms with E-state index in [0.717, 1.165) is 32.0 Å². The van der Waals surface area contributed by atoms with E-state index >= 15 is 0 Å². The lowest BCUT2D eigenvalue weighted by Gasteiger charge is -2.06. The zero-order valence-electron chi connectivity index (χ0n) is 8.44. The van der Waals surface area contributed by atoms with Crippen molar-refractivity contribution in [2.45, 2.75) is 0 Å². The minimum absolute atomic E-state index is 0.799. The summed E-state index contributed by atoms with van der Waals surface area (Å²) in [6, 6.07) is 13.9. The molecule has 0 aliphatic heterocycles. The molecular weight excluding hydrogens is 264 g/mol. The van der Waals surface area contributed by atoms with Crippen LogP contribution < -0.4 is 5.73 Å². The Balaban J connectivity index is 2.55. The van der Waals surface area contributed by atoms with Crippen molar-refractivity contribution in [3.8, 4) is 0 Å². The lowest BCUT2D eigenvalue weighted by atomic mass is 10.1. The topological polar surface area (TPSA) is 38.9 Å². The van der Waals surface area contributed by atoms with Crippen molar-refractivity contribution in [1.29, 1.82) is 0 Å². The number of nitrogens with two attached hydrogens (primary N) is 1. The second-order valence-electron chi connectivity index (χ2n) is 3.70. The summed E-state index contributed by atoms with van der Waals surface area (Å²) >= 11 is 3.44. The van der Waals surface area contributed by atoms with Crippen LogP contribution in [0.3, 0.4) is 0 Å². The number of anilines is 1. The van der Waals surface area contributed by atoms with Crippen LogP contribution in [0.15, 0.2) is 46.9 Å². The summed E-state index contributed by atoms with van der Waals surface area (Å²) in [6.07, 6.45) is 0. The predicted octanol–water partition coefficient (Wildman–Crippen LogP) is 3.73. The largest absolute Gasteiger partial charge is 0.398 e. The first-order chi connectivity index (χ1) is 7.75. The number of nitrogens with zero attached hydrogens (tertiary/aromatic N) is 1. The number of fused-ring (bicyclic) bond motifs is 2. The molecule has 0 bridgehead atoms. The molecule has 0 aliphatic rings. The van der Waals surface area contributed by atoms with Crippen molar-refractivity contribution < 1.29 is 0 Å². The van der Waals surface area contributed by atoms with Crippen LogP contribution in [0, 0.1) is 0 Å². The molecule has 0 saturated carbocycles. The van der Waals surface area contributed by atoms with Crippen molar-refractivity contribution >= 4 is 43.4 Å². The highest BCUT2D eigenvalue weighted by molar-refractivity contribution is 9.10. The Morgan fingerprint density at radius 1 is 0.938 bits per heavy atom. The number of para-hydroxylation sites is 1. The molecule has 3 heteroatoms. The Labute approximate surface area is 101 Å². The molecule has 0 amide bonds. The van der Waals surface area contributed by atoms with Gasteiger partial charge in [-0.2, -0.15) is 0 Å². The summed E-state index contributed by atoms with van der Waals surface area (Å²) in [5.74, 6) is 0. The maximum atomic E-state index is 6.15. The summed E-state index contributed by atoms with van der Waals surface area (Å²) in [7, 11) is 0. The molecule has 0 aliphatic carbocycles. The Hall–Kier alpha value is -1.61. The van der Waals surface area contributed by atoms with Crippen LogP contribution in [0.5, 0.6) is 0 Å². The van der Waals surface area contributed by atoms with E-state index in [0.29, 0.717) is 0 Å². The predicted molar refractivity (Wildman–Crippen MR) is 71.4 cm³/mol. The minimum Gasteiger partial charge on any atom is -0.398 e. The number of halogens is 1. The van der Waals surface area contributed by atoms with Gasteiger partial charge in [0.2, 0.25) is 0 Å². The van der Waals surface area contributed by atoms with Gasteiger partial charge in [0.15, 0.2) is 0 Å². The molecule has 3 aromatic rings. The molecule has 78 valence electrons. The molecule has 0 unspecified atom stereocenters. The molecule has 1 heterocycles. The van der Waals surface area contributed by atoms with E-state index in [-0.39, 0.29) is 0 Å². The number of aromatic nitrogens is 1. The van der Waals surface area contributed by atoms with Crippen LogP contribution in [-0.4, -0.2) is 4.98 Å². The number of pyridine rings is 1. The summed E-state index contributed by atoms with van der Waals surface area (Å²) < 4.78 is 1.02. The van der Waals surface area contributed by atoms with Gasteiger partial charge in [-0.1, -0.05) is 34.1 Å². The smallest absolute Gasteiger partial charge is 0.0741 e. The lowest BCUT2D eigenvalue weighted by Crippen LogP contribution is -1.92. The second-order valence-corrected chi connectivity index (χ2v) is 4.62. The Morgan fingerprint density at radius 2 is 1.69 bits per heavy atom. The number of hydrogen-bond acceptors (Lipinski definition) is 2. The fourth-order valence-corrected chi connectivity index (χ4v) is 2.25. The molecule has 3 rings (SSSR count). The monoisotopic (exact) mass is 272 g/mol. The van der Waals surface area contributed by atoms with Gasteiger partial charge < -0.3 is 5.73 Å². The van der Waals surface area contributed by atoms with Gasteiger partial charge in [-0.05, 0) is 24.3 Å². The molecule has 0 fully saturated rings. The Morgan fingerprint density at radius 3 is 2.56 bits per heavy atom. The molecule has 2 aromatic carbocycles. The first kappa shape index (κ1) is 9.60. The van der Waals surface area contributed by atoms with Gasteiger partial charge in [-0.15, -0.1) is 0 Å². The second kappa shape index (κ2) is 3.46. The molecule has 0 radical (unpaired) electrons. The van der Waals surface area contributed by atoms with Gasteiger partial charge in [0.05, 0.1) is 16.7 Å². The average Bonchev–Trinajstić information content (AvgIpc) is 2.29. The van der Waals surface area contributed by atoms with E-state index in [4.69, 9.17) is 5.73 Å². The first-order valence-corrected chi connectivity index (χ1v) is 5.78. The maximum Gasteiger partial charge on any atom is 0.0741 e. The summed E-state index contributed by atoms with van der Waals surface area (Å²) in [5.41, 5.74) is 8.81. The molecule has 2 nitrogen and oxygen atoms in total. The van der Waals surface area contributed by atoms with Crippen LogP contribution in [-0.2, 0) is 0 Å². The van der Waals surface area contributed by atoms with Crippen molar-refractivity contribution in [2.75, 3.05) is 5.73 Å². The quantitative estimate of drug-likeness (QED) is 0.634. The molecular formula is C13H9BrN2. The van der Waals surface area contributed by atoms with Crippen LogP contribution in [0.4, 0.5) is 5.69 Å². The molecule has 16 heavy (non-hydrogen) atoms. The fraction of sp³-hybridized carbons (Fsp3) is 0. The van der Waals surface area contributed by atoms with Gasteiger partial charge in [-0.3, -0.25) is 0 Å². The Kier molecular flexibility index (Phi) is 2.07. The van der Waals surface area contributed by atoms with E-state index in [9.17, 15) is 0 Å². The number of nitrogen functional groups attached to an aromatic ring is 1. The van der Waals surface area contributed by atoms with Crippen LogP contribution >= 0.6 is 15.9 Å². The van der Waals surface area contributed by atoms with Gasteiger partial charge in [-0.25, -0.2) is 4.98 Å². The minimum atomic E-state index is 0.799. The van der Waals surface area contributed by atoms with Gasteiger partial charge in [0, 0.05) is 15.2 Å². The Bertz CT molecular complexity index is 692. The van der Waals surface area contributed by atoms with E-state index in [1.165, 1.54) is 0 Å². The summed E-state index contributed by atoms with van der Waals surface area (Å²) in [4.78, 5) is 4.59. The summed E-state index contributed by atoms with van der Waals surface area (Å²) in [5, 5.41) is 2.01. The zero-order valence-corrected chi connectivity index (χ0v) is 10.0. The maximum absolute atomic E-state index is 6.15. The summed E-state index contributed by atoms with van der Waals surface area (Å²) in [6.45, 7) is 0. The van der Waals surface area contributed by atoms with Crippen molar-refractivity contribution in [1.82, 2.24) is 4.98 Å². The zero-order chi connectivity index (χ0) is 11.1. The van der Waals surface area contributed by atoms with Gasteiger partial charge >= 0.3 is 0 Å². The first-order valence-electron chi connectivity index (χ1n) is 4.99. The van der Waals surface area contributed by atoms with Gasteiger partial charge in [0.1, 0.15) is 0 Å². The SMILES string of the molecule is Nc1c2ccccc2nc2cc(Br)ccc12. The van der Waals surface area contributed by atoms with E-state index in [1.54, 1.807) is 0 Å². The lowest BCUT2D eigenvalue weighted by molar-refractivity contribution is 1.49. The fourth-order valence-electron chi connectivity index (χ4n) is 1.90. The van der Waals surface area contributed by atoms with E-state index in [2.05, 4.69) is 20.9 Å². The van der Waals surface area contributed by atoms with Crippen molar-refractivity contribution in [3.05, 3.63) is 46.9 Å². The van der Waals surface area contributed by atoms with E-state index in [1.807, 2.05) is 42.5 Å². The number of benzene rings is 2. The third-order valence-electron chi connectivity index (χ3n) is 2.69.